The van der Waals surface area contributed by atoms with Crippen molar-refractivity contribution in [2.45, 2.75) is 26.3 Å². The quantitative estimate of drug-likeness (QED) is 0.784. The van der Waals surface area contributed by atoms with E-state index in [1.807, 2.05) is 12.3 Å². The van der Waals surface area contributed by atoms with Gasteiger partial charge in [-0.2, -0.15) is 0 Å². The third-order valence-electron chi connectivity index (χ3n) is 3.88. The van der Waals surface area contributed by atoms with Gasteiger partial charge < -0.3 is 10.6 Å². The lowest BCUT2D eigenvalue weighted by molar-refractivity contribution is 0.124. The van der Waals surface area contributed by atoms with Crippen LogP contribution in [-0.2, 0) is 6.54 Å². The van der Waals surface area contributed by atoms with Gasteiger partial charge >= 0.3 is 0 Å². The zero-order valence-corrected chi connectivity index (χ0v) is 12.0. The highest BCUT2D eigenvalue weighted by molar-refractivity contribution is 5.17. The molecule has 0 unspecified atom stereocenters. The Balaban J connectivity index is 1.73. The summed E-state index contributed by atoms with van der Waals surface area (Å²) < 4.78 is 0. The number of aryl methyl sites for hydroxylation is 1. The number of aromatic nitrogens is 1. The highest BCUT2D eigenvalue weighted by Gasteiger charge is 2.17. The van der Waals surface area contributed by atoms with Gasteiger partial charge in [0.2, 0.25) is 0 Å². The molecule has 2 rings (SSSR count). The third kappa shape index (κ3) is 4.56. The van der Waals surface area contributed by atoms with Crippen LogP contribution in [0.15, 0.2) is 18.3 Å². The van der Waals surface area contributed by atoms with E-state index in [2.05, 4.69) is 27.8 Å². The molecule has 1 aromatic heterocycles. The first kappa shape index (κ1) is 14.4. The smallest absolute Gasteiger partial charge is 0.0573 e. The number of nitrogens with two attached hydrogens (primary N) is 1. The molecule has 4 heteroatoms. The van der Waals surface area contributed by atoms with Crippen LogP contribution in [0.25, 0.3) is 0 Å². The zero-order chi connectivity index (χ0) is 13.5. The summed E-state index contributed by atoms with van der Waals surface area (Å²) in [6.45, 7) is 9.81. The number of nitrogens with zero attached hydrogens (tertiary/aromatic N) is 3. The van der Waals surface area contributed by atoms with Crippen molar-refractivity contribution < 1.29 is 0 Å². The van der Waals surface area contributed by atoms with E-state index in [1.165, 1.54) is 37.3 Å². The number of pyridine rings is 1. The van der Waals surface area contributed by atoms with Crippen LogP contribution in [0.3, 0.4) is 0 Å². The molecule has 2 N–H and O–H groups in total. The molecule has 0 amide bonds. The Hall–Kier alpha value is -0.970. The summed E-state index contributed by atoms with van der Waals surface area (Å²) in [5, 5.41) is 0. The van der Waals surface area contributed by atoms with E-state index in [1.54, 1.807) is 0 Å². The average Bonchev–Trinajstić information content (AvgIpc) is 2.44. The van der Waals surface area contributed by atoms with Crippen LogP contribution in [0, 0.1) is 6.92 Å². The summed E-state index contributed by atoms with van der Waals surface area (Å²) in [6, 6.07) is 4.15. The maximum absolute atomic E-state index is 5.53. The number of hydrogen-bond acceptors (Lipinski definition) is 4. The molecule has 0 spiro atoms. The highest BCUT2D eigenvalue weighted by atomic mass is 15.3. The van der Waals surface area contributed by atoms with Crippen LogP contribution in [0.1, 0.15) is 24.1 Å². The van der Waals surface area contributed by atoms with Crippen LogP contribution in [0.5, 0.6) is 0 Å². The van der Waals surface area contributed by atoms with E-state index >= 15 is 0 Å². The summed E-state index contributed by atoms with van der Waals surface area (Å²) in [5.41, 5.74) is 8.05. The number of piperazine rings is 1. The van der Waals surface area contributed by atoms with Gasteiger partial charge in [-0.15, -0.1) is 0 Å². The average molecular weight is 262 g/mol. The largest absolute Gasteiger partial charge is 0.330 e. The molecule has 0 aliphatic carbocycles. The second kappa shape index (κ2) is 7.58. The fourth-order valence-corrected chi connectivity index (χ4v) is 2.55. The molecular formula is C15H26N4. The Kier molecular flexibility index (Phi) is 5.76. The molecule has 19 heavy (non-hydrogen) atoms. The summed E-state index contributed by atoms with van der Waals surface area (Å²) in [6.07, 6.45) is 4.27. The van der Waals surface area contributed by atoms with Crippen molar-refractivity contribution in [2.24, 2.45) is 5.73 Å². The molecule has 1 saturated heterocycles. The third-order valence-corrected chi connectivity index (χ3v) is 3.88. The molecular weight excluding hydrogens is 236 g/mol. The van der Waals surface area contributed by atoms with Crippen molar-refractivity contribution in [2.75, 3.05) is 39.3 Å². The molecule has 1 fully saturated rings. The Morgan fingerprint density at radius 1 is 1.16 bits per heavy atom. The first-order valence-electron chi connectivity index (χ1n) is 7.35. The minimum absolute atomic E-state index is 0.818. The van der Waals surface area contributed by atoms with E-state index in [0.29, 0.717) is 0 Å². The Bertz CT molecular complexity index is 372. The van der Waals surface area contributed by atoms with Gasteiger partial charge in [-0.25, -0.2) is 0 Å². The minimum atomic E-state index is 0.818. The molecule has 2 heterocycles. The monoisotopic (exact) mass is 262 g/mol. The summed E-state index contributed by atoms with van der Waals surface area (Å²) in [5.74, 6) is 0. The lowest BCUT2D eigenvalue weighted by Gasteiger charge is -2.34. The maximum Gasteiger partial charge on any atom is 0.0573 e. The summed E-state index contributed by atoms with van der Waals surface area (Å²) in [7, 11) is 0. The zero-order valence-electron chi connectivity index (χ0n) is 12.0. The van der Waals surface area contributed by atoms with Gasteiger partial charge in [0.25, 0.3) is 0 Å². The fraction of sp³-hybridized carbons (Fsp3) is 0.667. The number of hydrogen-bond donors (Lipinski definition) is 1. The SMILES string of the molecule is Cc1cccnc1CN1CCN(CCCCN)CC1. The molecule has 0 bridgehead atoms. The van der Waals surface area contributed by atoms with Gasteiger partial charge in [-0.3, -0.25) is 9.88 Å². The minimum Gasteiger partial charge on any atom is -0.330 e. The van der Waals surface area contributed by atoms with Crippen molar-refractivity contribution in [3.05, 3.63) is 29.6 Å². The molecule has 0 radical (unpaired) electrons. The van der Waals surface area contributed by atoms with E-state index in [-0.39, 0.29) is 0 Å². The van der Waals surface area contributed by atoms with Gasteiger partial charge in [0.15, 0.2) is 0 Å². The normalized spacial score (nSPS) is 17.8. The molecule has 1 aliphatic heterocycles. The van der Waals surface area contributed by atoms with Crippen molar-refractivity contribution in [3.8, 4) is 0 Å². The van der Waals surface area contributed by atoms with Crippen LogP contribution in [0.4, 0.5) is 0 Å². The fourth-order valence-electron chi connectivity index (χ4n) is 2.55. The number of rotatable bonds is 6. The lowest BCUT2D eigenvalue weighted by atomic mass is 10.2. The van der Waals surface area contributed by atoms with E-state index in [0.717, 1.165) is 32.6 Å². The number of unbranched alkanes of at least 4 members (excludes halogenated alkanes) is 1. The van der Waals surface area contributed by atoms with Gasteiger partial charge in [0.1, 0.15) is 0 Å². The Morgan fingerprint density at radius 2 is 1.89 bits per heavy atom. The first-order chi connectivity index (χ1) is 9.29. The Labute approximate surface area is 116 Å². The van der Waals surface area contributed by atoms with Gasteiger partial charge in [-0.1, -0.05) is 6.07 Å². The Morgan fingerprint density at radius 3 is 2.58 bits per heavy atom. The predicted molar refractivity (Wildman–Crippen MR) is 79.0 cm³/mol. The van der Waals surface area contributed by atoms with E-state index < -0.39 is 0 Å². The van der Waals surface area contributed by atoms with Crippen LogP contribution >= 0.6 is 0 Å². The molecule has 1 aliphatic rings. The van der Waals surface area contributed by atoms with Gasteiger partial charge in [0.05, 0.1) is 5.69 Å². The molecule has 1 aromatic rings. The van der Waals surface area contributed by atoms with Crippen LogP contribution in [0.2, 0.25) is 0 Å². The molecule has 0 saturated carbocycles. The van der Waals surface area contributed by atoms with Crippen molar-refractivity contribution in [1.82, 2.24) is 14.8 Å². The van der Waals surface area contributed by atoms with E-state index in [9.17, 15) is 0 Å². The standard InChI is InChI=1S/C15H26N4/c1-14-5-4-7-17-15(14)13-19-11-9-18(10-12-19)8-3-2-6-16/h4-5,7H,2-3,6,8-13,16H2,1H3. The van der Waals surface area contributed by atoms with Crippen molar-refractivity contribution >= 4 is 0 Å². The first-order valence-corrected chi connectivity index (χ1v) is 7.35. The summed E-state index contributed by atoms with van der Waals surface area (Å²) in [4.78, 5) is 9.54. The van der Waals surface area contributed by atoms with Crippen molar-refractivity contribution in [3.63, 3.8) is 0 Å². The maximum atomic E-state index is 5.53. The predicted octanol–water partition coefficient (Wildman–Crippen LogP) is 1.25. The molecule has 4 nitrogen and oxygen atoms in total. The van der Waals surface area contributed by atoms with Crippen LogP contribution < -0.4 is 5.73 Å². The van der Waals surface area contributed by atoms with Crippen LogP contribution in [-0.4, -0.2) is 54.1 Å². The lowest BCUT2D eigenvalue weighted by Crippen LogP contribution is -2.46. The van der Waals surface area contributed by atoms with E-state index in [4.69, 9.17) is 5.73 Å². The molecule has 106 valence electrons. The van der Waals surface area contributed by atoms with Gasteiger partial charge in [0, 0.05) is 38.9 Å². The second-order valence-corrected chi connectivity index (χ2v) is 5.38. The summed E-state index contributed by atoms with van der Waals surface area (Å²) >= 11 is 0. The topological polar surface area (TPSA) is 45.4 Å². The van der Waals surface area contributed by atoms with Crippen molar-refractivity contribution in [1.29, 1.82) is 0 Å². The molecule has 0 atom stereocenters. The highest BCUT2D eigenvalue weighted by Crippen LogP contribution is 2.10. The second-order valence-electron chi connectivity index (χ2n) is 5.38. The van der Waals surface area contributed by atoms with Gasteiger partial charge in [-0.05, 0) is 44.5 Å². The molecule has 0 aromatic carbocycles.